The number of nitrogens with one attached hydrogen (secondary N) is 1. The third-order valence-electron chi connectivity index (χ3n) is 2.53. The molecule has 5 heteroatoms. The number of aromatic nitrogens is 1. The first-order chi connectivity index (χ1) is 7.81. The quantitative estimate of drug-likeness (QED) is 0.717. The van der Waals surface area contributed by atoms with Gasteiger partial charge in [-0.3, -0.25) is 4.79 Å². The first-order valence-corrected chi connectivity index (χ1v) is 5.17. The van der Waals surface area contributed by atoms with Crippen LogP contribution in [0.25, 0.3) is 0 Å². The fourth-order valence-electron chi connectivity index (χ4n) is 1.68. The van der Waals surface area contributed by atoms with Gasteiger partial charge in [-0.25, -0.2) is 4.98 Å². The SMILES string of the molecule is N#Cc1cc(C(=O)N2CCNCC2)ccn1. The van der Waals surface area contributed by atoms with Crippen LogP contribution in [0.3, 0.4) is 0 Å². The van der Waals surface area contributed by atoms with Gasteiger partial charge in [-0.15, -0.1) is 0 Å². The van der Waals surface area contributed by atoms with Crippen molar-refractivity contribution in [2.24, 2.45) is 0 Å². The molecule has 16 heavy (non-hydrogen) atoms. The van der Waals surface area contributed by atoms with Crippen LogP contribution in [-0.2, 0) is 0 Å². The van der Waals surface area contributed by atoms with E-state index >= 15 is 0 Å². The lowest BCUT2D eigenvalue weighted by Crippen LogP contribution is -2.46. The zero-order chi connectivity index (χ0) is 11.4. The highest BCUT2D eigenvalue weighted by Gasteiger charge is 2.17. The van der Waals surface area contributed by atoms with E-state index in [1.807, 2.05) is 6.07 Å². The van der Waals surface area contributed by atoms with Crippen LogP contribution in [0, 0.1) is 11.3 Å². The number of pyridine rings is 1. The first kappa shape index (κ1) is 10.6. The molecule has 2 heterocycles. The van der Waals surface area contributed by atoms with Crippen LogP contribution >= 0.6 is 0 Å². The van der Waals surface area contributed by atoms with E-state index in [2.05, 4.69) is 10.3 Å². The number of nitriles is 1. The van der Waals surface area contributed by atoms with E-state index in [-0.39, 0.29) is 11.6 Å². The van der Waals surface area contributed by atoms with Gasteiger partial charge in [-0.1, -0.05) is 0 Å². The highest BCUT2D eigenvalue weighted by Crippen LogP contribution is 2.06. The summed E-state index contributed by atoms with van der Waals surface area (Å²) < 4.78 is 0. The Morgan fingerprint density at radius 3 is 2.94 bits per heavy atom. The minimum absolute atomic E-state index is 0.0274. The van der Waals surface area contributed by atoms with E-state index in [1.54, 1.807) is 11.0 Å². The molecule has 0 spiro atoms. The lowest BCUT2D eigenvalue weighted by atomic mass is 10.2. The molecule has 1 aliphatic rings. The molecule has 0 bridgehead atoms. The maximum Gasteiger partial charge on any atom is 0.254 e. The normalized spacial score (nSPS) is 15.6. The van der Waals surface area contributed by atoms with Crippen LogP contribution < -0.4 is 5.32 Å². The number of rotatable bonds is 1. The van der Waals surface area contributed by atoms with E-state index in [0.29, 0.717) is 18.7 Å². The first-order valence-electron chi connectivity index (χ1n) is 5.17. The van der Waals surface area contributed by atoms with Crippen LogP contribution in [-0.4, -0.2) is 42.0 Å². The summed E-state index contributed by atoms with van der Waals surface area (Å²) in [6.45, 7) is 3.07. The molecule has 1 fully saturated rings. The molecule has 1 N–H and O–H groups in total. The molecule has 0 aliphatic carbocycles. The van der Waals surface area contributed by atoms with Gasteiger partial charge in [-0.2, -0.15) is 5.26 Å². The number of hydrogen-bond acceptors (Lipinski definition) is 4. The summed E-state index contributed by atoms with van der Waals surface area (Å²) in [7, 11) is 0. The van der Waals surface area contributed by atoms with Crippen molar-refractivity contribution >= 4 is 5.91 Å². The lowest BCUT2D eigenvalue weighted by Gasteiger charge is -2.27. The van der Waals surface area contributed by atoms with E-state index in [9.17, 15) is 4.79 Å². The molecular weight excluding hydrogens is 204 g/mol. The number of nitrogens with zero attached hydrogens (tertiary/aromatic N) is 3. The molecule has 1 aliphatic heterocycles. The molecule has 82 valence electrons. The third-order valence-corrected chi connectivity index (χ3v) is 2.53. The van der Waals surface area contributed by atoms with Crippen LogP contribution in [0.1, 0.15) is 16.1 Å². The number of carbonyl (C=O) groups excluding carboxylic acids is 1. The second-order valence-corrected chi connectivity index (χ2v) is 3.58. The predicted octanol–water partition coefficient (Wildman–Crippen LogP) is -0.00132. The number of carbonyl (C=O) groups is 1. The standard InChI is InChI=1S/C11H12N4O/c12-8-10-7-9(1-2-14-10)11(16)15-5-3-13-4-6-15/h1-2,7,13H,3-6H2. The van der Waals surface area contributed by atoms with Crippen molar-refractivity contribution in [2.45, 2.75) is 0 Å². The summed E-state index contributed by atoms with van der Waals surface area (Å²) in [4.78, 5) is 17.7. The fraction of sp³-hybridized carbons (Fsp3) is 0.364. The van der Waals surface area contributed by atoms with Crippen LogP contribution in [0.5, 0.6) is 0 Å². The lowest BCUT2D eigenvalue weighted by molar-refractivity contribution is 0.0735. The van der Waals surface area contributed by atoms with E-state index in [1.165, 1.54) is 12.3 Å². The summed E-state index contributed by atoms with van der Waals surface area (Å²) >= 11 is 0. The smallest absolute Gasteiger partial charge is 0.254 e. The Kier molecular flexibility index (Phi) is 3.13. The summed E-state index contributed by atoms with van der Waals surface area (Å²) in [6.07, 6.45) is 1.49. The molecule has 5 nitrogen and oxygen atoms in total. The summed E-state index contributed by atoms with van der Waals surface area (Å²) in [5.41, 5.74) is 0.814. The van der Waals surface area contributed by atoms with Crippen molar-refractivity contribution in [3.8, 4) is 6.07 Å². The second-order valence-electron chi connectivity index (χ2n) is 3.58. The molecule has 0 saturated carbocycles. The molecule has 0 radical (unpaired) electrons. The fourth-order valence-corrected chi connectivity index (χ4v) is 1.68. The molecule has 1 saturated heterocycles. The zero-order valence-corrected chi connectivity index (χ0v) is 8.81. The number of piperazine rings is 1. The number of hydrogen-bond donors (Lipinski definition) is 1. The minimum Gasteiger partial charge on any atom is -0.336 e. The third kappa shape index (κ3) is 2.18. The van der Waals surface area contributed by atoms with Gasteiger partial charge in [0.1, 0.15) is 11.8 Å². The van der Waals surface area contributed by atoms with Gasteiger partial charge in [0.05, 0.1) is 0 Å². The average Bonchev–Trinajstić information content (AvgIpc) is 2.39. The second kappa shape index (κ2) is 4.73. The van der Waals surface area contributed by atoms with E-state index < -0.39 is 0 Å². The maximum atomic E-state index is 12.0. The van der Waals surface area contributed by atoms with Crippen LogP contribution in [0.2, 0.25) is 0 Å². The van der Waals surface area contributed by atoms with Crippen molar-refractivity contribution in [3.05, 3.63) is 29.6 Å². The van der Waals surface area contributed by atoms with Gasteiger partial charge in [0.15, 0.2) is 0 Å². The van der Waals surface area contributed by atoms with Gasteiger partial charge in [0.2, 0.25) is 0 Å². The van der Waals surface area contributed by atoms with Crippen LogP contribution in [0.15, 0.2) is 18.3 Å². The molecule has 2 rings (SSSR count). The Morgan fingerprint density at radius 2 is 2.25 bits per heavy atom. The van der Waals surface area contributed by atoms with Gasteiger partial charge in [-0.05, 0) is 12.1 Å². The van der Waals surface area contributed by atoms with Crippen molar-refractivity contribution < 1.29 is 4.79 Å². The average molecular weight is 216 g/mol. The maximum absolute atomic E-state index is 12.0. The van der Waals surface area contributed by atoms with Crippen molar-refractivity contribution in [3.63, 3.8) is 0 Å². The largest absolute Gasteiger partial charge is 0.336 e. The highest BCUT2D eigenvalue weighted by atomic mass is 16.2. The summed E-state index contributed by atoms with van der Waals surface area (Å²) in [5, 5.41) is 11.9. The molecule has 0 unspecified atom stereocenters. The summed E-state index contributed by atoms with van der Waals surface area (Å²) in [5.74, 6) is -0.0274. The van der Waals surface area contributed by atoms with Crippen molar-refractivity contribution in [1.82, 2.24) is 15.2 Å². The molecule has 0 aromatic carbocycles. The van der Waals surface area contributed by atoms with Gasteiger partial charge < -0.3 is 10.2 Å². The Morgan fingerprint density at radius 1 is 1.50 bits per heavy atom. The highest BCUT2D eigenvalue weighted by molar-refractivity contribution is 5.94. The zero-order valence-electron chi connectivity index (χ0n) is 8.81. The Hall–Kier alpha value is -1.93. The number of amides is 1. The monoisotopic (exact) mass is 216 g/mol. The predicted molar refractivity (Wildman–Crippen MR) is 57.7 cm³/mol. The minimum atomic E-state index is -0.0274. The summed E-state index contributed by atoms with van der Waals surface area (Å²) in [6, 6.07) is 5.11. The van der Waals surface area contributed by atoms with Crippen LogP contribution in [0.4, 0.5) is 0 Å². The Balaban J connectivity index is 2.16. The molecule has 1 aromatic heterocycles. The van der Waals surface area contributed by atoms with E-state index in [4.69, 9.17) is 5.26 Å². The van der Waals surface area contributed by atoms with Gasteiger partial charge >= 0.3 is 0 Å². The van der Waals surface area contributed by atoms with Crippen molar-refractivity contribution in [2.75, 3.05) is 26.2 Å². The van der Waals surface area contributed by atoms with Gasteiger partial charge in [0.25, 0.3) is 5.91 Å². The van der Waals surface area contributed by atoms with E-state index in [0.717, 1.165) is 13.1 Å². The molecule has 0 atom stereocenters. The molecule has 1 amide bonds. The van der Waals surface area contributed by atoms with Gasteiger partial charge in [0, 0.05) is 37.9 Å². The molecule has 1 aromatic rings. The Bertz CT molecular complexity index is 432. The topological polar surface area (TPSA) is 69.0 Å². The van der Waals surface area contributed by atoms with Crippen molar-refractivity contribution in [1.29, 1.82) is 5.26 Å². The molecular formula is C11H12N4O. The Labute approximate surface area is 93.7 Å².